The maximum absolute atomic E-state index is 13.0. The molecule has 2 saturated heterocycles. The first kappa shape index (κ1) is 17.7. The molecule has 24 heavy (non-hydrogen) atoms. The Labute approximate surface area is 149 Å². The lowest BCUT2D eigenvalue weighted by Gasteiger charge is -2.37. The summed E-state index contributed by atoms with van der Waals surface area (Å²) in [5.74, 6) is 0.154. The van der Waals surface area contributed by atoms with Gasteiger partial charge in [-0.15, -0.1) is 0 Å². The molecule has 0 bridgehead atoms. The van der Waals surface area contributed by atoms with Crippen LogP contribution in [0.25, 0.3) is 0 Å². The van der Waals surface area contributed by atoms with Gasteiger partial charge in [0.15, 0.2) is 0 Å². The maximum Gasteiger partial charge on any atom is 0.254 e. The number of piperidine rings is 1. The Kier molecular flexibility index (Phi) is 6.14. The SMILES string of the molecule is Cc1cc(C(=O)N2CCCC[C@@H]2CCN2CCOCC2)ccc1Cl. The standard InChI is InChI=1S/C19H27ClN2O2/c1-15-14-16(5-6-18(15)20)19(23)22-8-3-2-4-17(22)7-9-21-10-12-24-13-11-21/h5-6,14,17H,2-4,7-13H2,1H3/t17-/m1/s1. The number of morpholine rings is 1. The highest BCUT2D eigenvalue weighted by Crippen LogP contribution is 2.24. The zero-order chi connectivity index (χ0) is 16.9. The monoisotopic (exact) mass is 350 g/mol. The number of likely N-dealkylation sites (tertiary alicyclic amines) is 1. The second-order valence-corrected chi connectivity index (χ2v) is 7.26. The first-order valence-corrected chi connectivity index (χ1v) is 9.40. The Bertz CT molecular complexity index is 572. The summed E-state index contributed by atoms with van der Waals surface area (Å²) in [5.41, 5.74) is 1.72. The molecule has 0 unspecified atom stereocenters. The fourth-order valence-electron chi connectivity index (χ4n) is 3.67. The van der Waals surface area contributed by atoms with Crippen molar-refractivity contribution in [3.05, 3.63) is 34.3 Å². The minimum absolute atomic E-state index is 0.154. The Morgan fingerprint density at radius 1 is 1.25 bits per heavy atom. The average Bonchev–Trinajstić information content (AvgIpc) is 2.63. The van der Waals surface area contributed by atoms with Gasteiger partial charge in [0.1, 0.15) is 0 Å². The second-order valence-electron chi connectivity index (χ2n) is 6.85. The molecule has 1 atom stereocenters. The molecular weight excluding hydrogens is 324 g/mol. The third-order valence-electron chi connectivity index (χ3n) is 5.18. The number of carbonyl (C=O) groups excluding carboxylic acids is 1. The van der Waals surface area contributed by atoms with Gasteiger partial charge in [-0.1, -0.05) is 11.6 Å². The fraction of sp³-hybridized carbons (Fsp3) is 0.632. The van der Waals surface area contributed by atoms with Gasteiger partial charge >= 0.3 is 0 Å². The Balaban J connectivity index is 1.64. The molecule has 2 aliphatic rings. The van der Waals surface area contributed by atoms with Crippen molar-refractivity contribution in [1.82, 2.24) is 9.80 Å². The number of amides is 1. The van der Waals surface area contributed by atoms with Crippen molar-refractivity contribution >= 4 is 17.5 Å². The minimum Gasteiger partial charge on any atom is -0.379 e. The molecule has 4 nitrogen and oxygen atoms in total. The number of hydrogen-bond donors (Lipinski definition) is 0. The lowest BCUT2D eigenvalue weighted by molar-refractivity contribution is 0.0295. The lowest BCUT2D eigenvalue weighted by atomic mass is 9.97. The van der Waals surface area contributed by atoms with E-state index in [0.29, 0.717) is 11.1 Å². The largest absolute Gasteiger partial charge is 0.379 e. The zero-order valence-corrected chi connectivity index (χ0v) is 15.2. The van der Waals surface area contributed by atoms with E-state index >= 15 is 0 Å². The molecule has 2 fully saturated rings. The molecule has 2 heterocycles. The van der Waals surface area contributed by atoms with Crippen LogP contribution >= 0.6 is 11.6 Å². The summed E-state index contributed by atoms with van der Waals surface area (Å²) in [6.07, 6.45) is 4.49. The predicted octanol–water partition coefficient (Wildman–Crippen LogP) is 3.37. The number of aryl methyl sites for hydroxylation is 1. The molecule has 1 amide bonds. The maximum atomic E-state index is 13.0. The molecule has 0 saturated carbocycles. The fourth-order valence-corrected chi connectivity index (χ4v) is 3.79. The lowest BCUT2D eigenvalue weighted by Crippen LogP contribution is -2.46. The van der Waals surface area contributed by atoms with E-state index < -0.39 is 0 Å². The van der Waals surface area contributed by atoms with E-state index in [1.54, 1.807) is 0 Å². The van der Waals surface area contributed by atoms with Crippen LogP contribution in [0, 0.1) is 6.92 Å². The molecular formula is C19H27ClN2O2. The average molecular weight is 351 g/mol. The van der Waals surface area contributed by atoms with E-state index in [0.717, 1.165) is 69.8 Å². The summed E-state index contributed by atoms with van der Waals surface area (Å²) in [5, 5.41) is 0.717. The van der Waals surface area contributed by atoms with Crippen LogP contribution < -0.4 is 0 Å². The highest BCUT2D eigenvalue weighted by Gasteiger charge is 2.28. The first-order valence-electron chi connectivity index (χ1n) is 9.02. The van der Waals surface area contributed by atoms with Crippen molar-refractivity contribution in [2.75, 3.05) is 39.4 Å². The number of carbonyl (C=O) groups is 1. The van der Waals surface area contributed by atoms with Gasteiger partial charge in [0.25, 0.3) is 5.91 Å². The van der Waals surface area contributed by atoms with Crippen LogP contribution in [-0.2, 0) is 4.74 Å². The van der Waals surface area contributed by atoms with Crippen molar-refractivity contribution in [2.45, 2.75) is 38.6 Å². The molecule has 0 aromatic heterocycles. The van der Waals surface area contributed by atoms with Gasteiger partial charge in [0.2, 0.25) is 0 Å². The number of halogens is 1. The van der Waals surface area contributed by atoms with Crippen LogP contribution in [0.3, 0.4) is 0 Å². The van der Waals surface area contributed by atoms with Gasteiger partial charge in [-0.25, -0.2) is 0 Å². The molecule has 132 valence electrons. The van der Waals surface area contributed by atoms with E-state index in [1.165, 1.54) is 6.42 Å². The van der Waals surface area contributed by atoms with E-state index in [9.17, 15) is 4.79 Å². The van der Waals surface area contributed by atoms with Crippen molar-refractivity contribution in [2.24, 2.45) is 0 Å². The summed E-state index contributed by atoms with van der Waals surface area (Å²) in [4.78, 5) is 17.5. The van der Waals surface area contributed by atoms with Gasteiger partial charge in [0, 0.05) is 42.8 Å². The van der Waals surface area contributed by atoms with Crippen molar-refractivity contribution in [3.8, 4) is 0 Å². The van der Waals surface area contributed by atoms with Gasteiger partial charge in [-0.05, 0) is 56.4 Å². The van der Waals surface area contributed by atoms with Gasteiger partial charge < -0.3 is 9.64 Å². The number of benzene rings is 1. The number of nitrogens with zero attached hydrogens (tertiary/aromatic N) is 2. The van der Waals surface area contributed by atoms with E-state index in [1.807, 2.05) is 25.1 Å². The third-order valence-corrected chi connectivity index (χ3v) is 5.60. The highest BCUT2D eigenvalue weighted by atomic mass is 35.5. The Morgan fingerprint density at radius 3 is 2.79 bits per heavy atom. The second kappa shape index (κ2) is 8.32. The normalized spacial score (nSPS) is 22.6. The summed E-state index contributed by atoms with van der Waals surface area (Å²) in [7, 11) is 0. The van der Waals surface area contributed by atoms with Crippen LogP contribution in [0.4, 0.5) is 0 Å². The summed E-state index contributed by atoms with van der Waals surface area (Å²) >= 11 is 6.09. The molecule has 1 aromatic rings. The number of hydrogen-bond acceptors (Lipinski definition) is 3. The van der Waals surface area contributed by atoms with E-state index in [2.05, 4.69) is 9.80 Å². The predicted molar refractivity (Wildman–Crippen MR) is 96.7 cm³/mol. The van der Waals surface area contributed by atoms with Crippen LogP contribution in [0.5, 0.6) is 0 Å². The van der Waals surface area contributed by atoms with Gasteiger partial charge in [-0.2, -0.15) is 0 Å². The summed E-state index contributed by atoms with van der Waals surface area (Å²) in [6.45, 7) is 7.56. The molecule has 1 aromatic carbocycles. The number of ether oxygens (including phenoxy) is 1. The highest BCUT2D eigenvalue weighted by molar-refractivity contribution is 6.31. The smallest absolute Gasteiger partial charge is 0.254 e. The van der Waals surface area contributed by atoms with Crippen molar-refractivity contribution in [1.29, 1.82) is 0 Å². The third kappa shape index (κ3) is 4.29. The quantitative estimate of drug-likeness (QED) is 0.834. The summed E-state index contributed by atoms with van der Waals surface area (Å²) in [6, 6.07) is 5.95. The molecule has 0 spiro atoms. The van der Waals surface area contributed by atoms with Crippen molar-refractivity contribution in [3.63, 3.8) is 0 Å². The minimum atomic E-state index is 0.154. The van der Waals surface area contributed by atoms with E-state index in [-0.39, 0.29) is 5.91 Å². The van der Waals surface area contributed by atoms with Gasteiger partial charge in [-0.3, -0.25) is 9.69 Å². The van der Waals surface area contributed by atoms with Crippen LogP contribution in [0.15, 0.2) is 18.2 Å². The topological polar surface area (TPSA) is 32.8 Å². The molecule has 0 N–H and O–H groups in total. The number of rotatable bonds is 4. The van der Waals surface area contributed by atoms with Crippen LogP contribution in [0.1, 0.15) is 41.6 Å². The Hall–Kier alpha value is -1.10. The molecule has 0 aliphatic carbocycles. The first-order chi connectivity index (χ1) is 11.6. The van der Waals surface area contributed by atoms with Crippen LogP contribution in [0.2, 0.25) is 5.02 Å². The summed E-state index contributed by atoms with van der Waals surface area (Å²) < 4.78 is 5.41. The molecule has 3 rings (SSSR count). The van der Waals surface area contributed by atoms with Crippen molar-refractivity contribution < 1.29 is 9.53 Å². The molecule has 5 heteroatoms. The Morgan fingerprint density at radius 2 is 2.04 bits per heavy atom. The molecule has 0 radical (unpaired) electrons. The van der Waals surface area contributed by atoms with Gasteiger partial charge in [0.05, 0.1) is 13.2 Å². The molecule has 2 aliphatic heterocycles. The zero-order valence-electron chi connectivity index (χ0n) is 14.5. The van der Waals surface area contributed by atoms with E-state index in [4.69, 9.17) is 16.3 Å². The van der Waals surface area contributed by atoms with Crippen LogP contribution in [-0.4, -0.2) is 61.1 Å².